The number of aromatic nitrogens is 2. The van der Waals surface area contributed by atoms with Gasteiger partial charge < -0.3 is 5.11 Å². The van der Waals surface area contributed by atoms with Crippen LogP contribution in [0.15, 0.2) is 12.4 Å². The van der Waals surface area contributed by atoms with Gasteiger partial charge >= 0.3 is 5.69 Å². The number of hydrogen-bond donors (Lipinski definition) is 1. The molecule has 0 amide bonds. The number of hydrogen-bond acceptors (Lipinski definition) is 5. The minimum absolute atomic E-state index is 0.0292. The average Bonchev–Trinajstić information content (AvgIpc) is 3.27. The third kappa shape index (κ3) is 4.75. The van der Waals surface area contributed by atoms with Crippen molar-refractivity contribution in [3.8, 4) is 0 Å². The van der Waals surface area contributed by atoms with Crippen molar-refractivity contribution >= 4 is 5.69 Å². The van der Waals surface area contributed by atoms with Crippen LogP contribution >= 0.6 is 0 Å². The van der Waals surface area contributed by atoms with Gasteiger partial charge in [0.15, 0.2) is 0 Å². The van der Waals surface area contributed by atoms with E-state index in [9.17, 15) is 15.2 Å². The molecule has 0 saturated heterocycles. The summed E-state index contributed by atoms with van der Waals surface area (Å²) in [5, 5.41) is 25.0. The smallest absolute Gasteiger partial charge is 0.306 e. The predicted molar refractivity (Wildman–Crippen MR) is 86.1 cm³/mol. The minimum atomic E-state index is -0.543. The van der Waals surface area contributed by atoms with E-state index < -0.39 is 11.0 Å². The van der Waals surface area contributed by atoms with E-state index in [-0.39, 0.29) is 5.69 Å². The summed E-state index contributed by atoms with van der Waals surface area (Å²) in [6.45, 7) is 2.03. The molecule has 7 heteroatoms. The first-order chi connectivity index (χ1) is 11.1. The Bertz CT molecular complexity index is 523. The fourth-order valence-electron chi connectivity index (χ4n) is 3.60. The van der Waals surface area contributed by atoms with E-state index in [4.69, 9.17) is 0 Å². The van der Waals surface area contributed by atoms with Crippen LogP contribution in [0.3, 0.4) is 0 Å². The van der Waals surface area contributed by atoms with E-state index in [2.05, 4.69) is 10.00 Å². The summed E-state index contributed by atoms with van der Waals surface area (Å²) in [5.74, 6) is 0.766. The zero-order valence-corrected chi connectivity index (χ0v) is 13.5. The van der Waals surface area contributed by atoms with Gasteiger partial charge in [0.25, 0.3) is 0 Å². The Hall–Kier alpha value is -1.47. The summed E-state index contributed by atoms with van der Waals surface area (Å²) in [6, 6.07) is 0.624. The Morgan fingerprint density at radius 3 is 2.70 bits per heavy atom. The van der Waals surface area contributed by atoms with Gasteiger partial charge in [-0.05, 0) is 31.6 Å². The summed E-state index contributed by atoms with van der Waals surface area (Å²) in [6.07, 6.45) is 11.2. The summed E-state index contributed by atoms with van der Waals surface area (Å²) in [7, 11) is 0. The molecular weight excluding hydrogens is 296 g/mol. The van der Waals surface area contributed by atoms with Crippen molar-refractivity contribution in [1.82, 2.24) is 14.7 Å². The Labute approximate surface area is 136 Å². The number of nitrogens with zero attached hydrogens (tertiary/aromatic N) is 4. The first-order valence-electron chi connectivity index (χ1n) is 8.71. The molecule has 1 atom stereocenters. The lowest BCUT2D eigenvalue weighted by atomic mass is 9.89. The maximum absolute atomic E-state index is 10.7. The highest BCUT2D eigenvalue weighted by atomic mass is 16.6. The molecule has 0 aromatic carbocycles. The van der Waals surface area contributed by atoms with Crippen LogP contribution in [0.2, 0.25) is 0 Å². The summed E-state index contributed by atoms with van der Waals surface area (Å²) in [5.41, 5.74) is -0.0292. The molecule has 2 fully saturated rings. The molecule has 1 N–H and O–H groups in total. The van der Waals surface area contributed by atoms with E-state index in [1.807, 2.05) is 0 Å². The normalized spacial score (nSPS) is 20.8. The predicted octanol–water partition coefficient (Wildman–Crippen LogP) is 2.20. The van der Waals surface area contributed by atoms with Crippen molar-refractivity contribution in [1.29, 1.82) is 0 Å². The maximum atomic E-state index is 10.7. The van der Waals surface area contributed by atoms with Crippen LogP contribution in [0.1, 0.15) is 44.9 Å². The number of rotatable bonds is 8. The Morgan fingerprint density at radius 2 is 2.09 bits per heavy atom. The van der Waals surface area contributed by atoms with Crippen LogP contribution in [0, 0.1) is 16.0 Å². The quantitative estimate of drug-likeness (QED) is 0.586. The van der Waals surface area contributed by atoms with Gasteiger partial charge in [-0.2, -0.15) is 5.10 Å². The Morgan fingerprint density at radius 1 is 1.35 bits per heavy atom. The van der Waals surface area contributed by atoms with Crippen LogP contribution in [0.5, 0.6) is 0 Å². The molecule has 23 heavy (non-hydrogen) atoms. The third-order valence-corrected chi connectivity index (χ3v) is 4.95. The molecule has 1 aromatic heterocycles. The molecule has 0 radical (unpaired) electrons. The van der Waals surface area contributed by atoms with Crippen LogP contribution < -0.4 is 0 Å². The van der Waals surface area contributed by atoms with E-state index in [0.717, 1.165) is 12.5 Å². The molecule has 0 aliphatic heterocycles. The summed E-state index contributed by atoms with van der Waals surface area (Å²) >= 11 is 0. The summed E-state index contributed by atoms with van der Waals surface area (Å²) in [4.78, 5) is 12.6. The van der Waals surface area contributed by atoms with Crippen molar-refractivity contribution in [3.63, 3.8) is 0 Å². The maximum Gasteiger partial charge on any atom is 0.306 e. The molecule has 3 rings (SSSR count). The van der Waals surface area contributed by atoms with Crippen LogP contribution in [0.25, 0.3) is 0 Å². The van der Waals surface area contributed by atoms with Gasteiger partial charge in [0.2, 0.25) is 0 Å². The largest absolute Gasteiger partial charge is 0.390 e. The molecular formula is C16H26N4O3. The molecule has 0 bridgehead atoms. The highest BCUT2D eigenvalue weighted by molar-refractivity contribution is 5.20. The molecule has 2 saturated carbocycles. The standard InChI is InChI=1S/C16H26N4O3/c21-16(12-19-10-15(8-17-19)20(22)23)11-18(14-6-7-14)9-13-4-2-1-3-5-13/h8,10,13-14,16,21H,1-7,9,11-12H2. The lowest BCUT2D eigenvalue weighted by Gasteiger charge is -2.31. The van der Waals surface area contributed by atoms with E-state index >= 15 is 0 Å². The molecule has 2 aliphatic rings. The van der Waals surface area contributed by atoms with Crippen LogP contribution in [-0.4, -0.2) is 49.9 Å². The van der Waals surface area contributed by atoms with Crippen molar-refractivity contribution in [2.24, 2.45) is 5.92 Å². The highest BCUT2D eigenvalue weighted by Gasteiger charge is 2.32. The van der Waals surface area contributed by atoms with Gasteiger partial charge in [-0.1, -0.05) is 19.3 Å². The third-order valence-electron chi connectivity index (χ3n) is 4.95. The molecule has 7 nitrogen and oxygen atoms in total. The number of aliphatic hydroxyl groups excluding tert-OH is 1. The summed E-state index contributed by atoms with van der Waals surface area (Å²) < 4.78 is 1.47. The average molecular weight is 322 g/mol. The molecule has 1 heterocycles. The van der Waals surface area contributed by atoms with Gasteiger partial charge in [-0.3, -0.25) is 19.7 Å². The second-order valence-corrected chi connectivity index (χ2v) is 7.02. The molecule has 1 unspecified atom stereocenters. The zero-order valence-electron chi connectivity index (χ0n) is 13.5. The van der Waals surface area contributed by atoms with Crippen molar-refractivity contribution in [2.75, 3.05) is 13.1 Å². The monoisotopic (exact) mass is 322 g/mol. The minimum Gasteiger partial charge on any atom is -0.390 e. The van der Waals surface area contributed by atoms with Gasteiger partial charge in [-0.25, -0.2) is 0 Å². The van der Waals surface area contributed by atoms with Crippen LogP contribution in [-0.2, 0) is 6.54 Å². The van der Waals surface area contributed by atoms with Crippen molar-refractivity contribution < 1.29 is 10.0 Å². The fraction of sp³-hybridized carbons (Fsp3) is 0.812. The molecule has 128 valence electrons. The number of nitro groups is 1. The Balaban J connectivity index is 1.51. The lowest BCUT2D eigenvalue weighted by molar-refractivity contribution is -0.385. The lowest BCUT2D eigenvalue weighted by Crippen LogP contribution is -2.39. The SMILES string of the molecule is O=[N+]([O-])c1cnn(CC(O)CN(CC2CCCCC2)C2CC2)c1. The molecule has 0 spiro atoms. The van der Waals surface area contributed by atoms with Gasteiger partial charge in [-0.15, -0.1) is 0 Å². The first kappa shape index (κ1) is 16.4. The van der Waals surface area contributed by atoms with Crippen molar-refractivity contribution in [2.45, 2.75) is 63.6 Å². The Kier molecular flexibility index (Phi) is 5.27. The second-order valence-electron chi connectivity index (χ2n) is 7.02. The van der Waals surface area contributed by atoms with Crippen molar-refractivity contribution in [3.05, 3.63) is 22.5 Å². The van der Waals surface area contributed by atoms with Gasteiger partial charge in [0, 0.05) is 19.1 Å². The number of aliphatic hydroxyl groups is 1. The van der Waals surface area contributed by atoms with Crippen LogP contribution in [0.4, 0.5) is 5.69 Å². The van der Waals surface area contributed by atoms with E-state index in [0.29, 0.717) is 19.1 Å². The van der Waals surface area contributed by atoms with Gasteiger partial charge in [0.1, 0.15) is 12.4 Å². The second kappa shape index (κ2) is 7.40. The molecule has 2 aliphatic carbocycles. The topological polar surface area (TPSA) is 84.4 Å². The van der Waals surface area contributed by atoms with E-state index in [1.54, 1.807) is 0 Å². The zero-order chi connectivity index (χ0) is 16.2. The molecule has 1 aromatic rings. The first-order valence-corrected chi connectivity index (χ1v) is 8.71. The highest BCUT2D eigenvalue weighted by Crippen LogP contribution is 2.31. The fourth-order valence-corrected chi connectivity index (χ4v) is 3.60. The van der Waals surface area contributed by atoms with E-state index in [1.165, 1.54) is 62.0 Å². The van der Waals surface area contributed by atoms with Gasteiger partial charge in [0.05, 0.1) is 17.6 Å².